The van der Waals surface area contributed by atoms with Gasteiger partial charge in [0.15, 0.2) is 0 Å². The molecular formula is C11H17N3O2. The third-order valence-corrected chi connectivity index (χ3v) is 3.54. The van der Waals surface area contributed by atoms with Crippen LogP contribution in [0.5, 0.6) is 0 Å². The first-order valence-electron chi connectivity index (χ1n) is 5.98. The summed E-state index contributed by atoms with van der Waals surface area (Å²) in [5.74, 6) is 0.704. The van der Waals surface area contributed by atoms with Gasteiger partial charge in [0.05, 0.1) is 0 Å². The number of hydrogen-bond acceptors (Lipinski definition) is 5. The van der Waals surface area contributed by atoms with Gasteiger partial charge in [-0.25, -0.2) is 0 Å². The van der Waals surface area contributed by atoms with Crippen LogP contribution in [0.1, 0.15) is 44.3 Å². The van der Waals surface area contributed by atoms with E-state index in [4.69, 9.17) is 9.26 Å². The minimum absolute atomic E-state index is 0.299. The molecule has 5 heteroatoms. The zero-order valence-electron chi connectivity index (χ0n) is 9.53. The van der Waals surface area contributed by atoms with Crippen molar-refractivity contribution in [1.82, 2.24) is 10.1 Å². The van der Waals surface area contributed by atoms with Crippen molar-refractivity contribution in [2.24, 2.45) is 0 Å². The number of hydrogen-bond donors (Lipinski definition) is 1. The van der Waals surface area contributed by atoms with Gasteiger partial charge >= 0.3 is 6.01 Å². The smallest absolute Gasteiger partial charge is 0.321 e. The second kappa shape index (κ2) is 3.73. The van der Waals surface area contributed by atoms with Crippen molar-refractivity contribution < 1.29 is 9.26 Å². The maximum atomic E-state index is 5.61. The molecule has 2 aliphatic carbocycles. The van der Waals surface area contributed by atoms with Crippen LogP contribution >= 0.6 is 0 Å². The average molecular weight is 223 g/mol. The van der Waals surface area contributed by atoms with Crippen LogP contribution < -0.4 is 5.32 Å². The van der Waals surface area contributed by atoms with Crippen molar-refractivity contribution in [3.8, 4) is 0 Å². The molecule has 16 heavy (non-hydrogen) atoms. The van der Waals surface area contributed by atoms with Gasteiger partial charge in [-0.3, -0.25) is 0 Å². The van der Waals surface area contributed by atoms with Gasteiger partial charge in [-0.2, -0.15) is 4.98 Å². The number of methoxy groups -OCH3 is 1. The molecule has 0 bridgehead atoms. The second-order valence-electron chi connectivity index (χ2n) is 4.75. The molecule has 0 aliphatic heterocycles. The standard InChI is InChI=1S/C11H17N3O2/c1-15-11(6-2-3-7-11)9-13-10(16-14-9)12-8-4-5-8/h8H,2-7H2,1H3,(H,12,13,14). The SMILES string of the molecule is COC1(c2noc(NC3CC3)n2)CCCC1. The van der Waals surface area contributed by atoms with Gasteiger partial charge < -0.3 is 14.6 Å². The Balaban J connectivity index is 1.78. The Morgan fingerprint density at radius 1 is 1.38 bits per heavy atom. The summed E-state index contributed by atoms with van der Waals surface area (Å²) in [5, 5.41) is 7.25. The van der Waals surface area contributed by atoms with E-state index in [9.17, 15) is 0 Å². The second-order valence-corrected chi connectivity index (χ2v) is 4.75. The molecule has 0 atom stereocenters. The van der Waals surface area contributed by atoms with Crippen molar-refractivity contribution in [1.29, 1.82) is 0 Å². The number of ether oxygens (including phenoxy) is 1. The summed E-state index contributed by atoms with van der Waals surface area (Å²) in [5.41, 5.74) is -0.299. The van der Waals surface area contributed by atoms with E-state index >= 15 is 0 Å². The molecule has 1 aromatic heterocycles. The first-order chi connectivity index (χ1) is 7.82. The molecule has 0 amide bonds. The van der Waals surface area contributed by atoms with Crippen LogP contribution in [0.3, 0.4) is 0 Å². The largest absolute Gasteiger partial charge is 0.370 e. The summed E-state index contributed by atoms with van der Waals surface area (Å²) < 4.78 is 10.8. The van der Waals surface area contributed by atoms with E-state index in [1.807, 2.05) is 0 Å². The van der Waals surface area contributed by atoms with Crippen molar-refractivity contribution in [3.05, 3.63) is 5.82 Å². The Morgan fingerprint density at radius 2 is 2.12 bits per heavy atom. The Bertz CT molecular complexity index is 367. The van der Waals surface area contributed by atoms with Gasteiger partial charge in [-0.05, 0) is 38.5 Å². The van der Waals surface area contributed by atoms with Crippen molar-refractivity contribution in [2.45, 2.75) is 50.2 Å². The summed E-state index contributed by atoms with van der Waals surface area (Å²) in [6.45, 7) is 0. The lowest BCUT2D eigenvalue weighted by Gasteiger charge is -2.22. The van der Waals surface area contributed by atoms with Crippen LogP contribution in [0.25, 0.3) is 0 Å². The topological polar surface area (TPSA) is 60.2 Å². The Hall–Kier alpha value is -1.10. The minimum atomic E-state index is -0.299. The molecule has 3 rings (SSSR count). The fourth-order valence-electron chi connectivity index (χ4n) is 2.33. The predicted octanol–water partition coefficient (Wildman–Crippen LogP) is 2.06. The first kappa shape index (κ1) is 10.1. The summed E-state index contributed by atoms with van der Waals surface area (Å²) >= 11 is 0. The van der Waals surface area contributed by atoms with E-state index in [1.165, 1.54) is 25.7 Å². The molecular weight excluding hydrogens is 206 g/mol. The van der Waals surface area contributed by atoms with Crippen LogP contribution in [-0.2, 0) is 10.3 Å². The fraction of sp³-hybridized carbons (Fsp3) is 0.818. The van der Waals surface area contributed by atoms with Gasteiger partial charge in [0, 0.05) is 13.2 Å². The number of rotatable bonds is 4. The van der Waals surface area contributed by atoms with Crippen molar-refractivity contribution in [2.75, 3.05) is 12.4 Å². The monoisotopic (exact) mass is 223 g/mol. The molecule has 0 unspecified atom stereocenters. The Kier molecular flexibility index (Phi) is 2.35. The summed E-state index contributed by atoms with van der Waals surface area (Å²) in [7, 11) is 1.73. The molecule has 1 aromatic rings. The normalized spacial score (nSPS) is 23.6. The van der Waals surface area contributed by atoms with Gasteiger partial charge in [-0.1, -0.05) is 5.16 Å². The summed E-state index contributed by atoms with van der Waals surface area (Å²) in [4.78, 5) is 4.40. The number of aromatic nitrogens is 2. The van der Waals surface area contributed by atoms with Crippen LogP contribution in [0.4, 0.5) is 6.01 Å². The van der Waals surface area contributed by atoms with E-state index in [0.717, 1.165) is 12.8 Å². The quantitative estimate of drug-likeness (QED) is 0.846. The lowest BCUT2D eigenvalue weighted by Crippen LogP contribution is -2.26. The maximum absolute atomic E-state index is 5.61. The lowest BCUT2D eigenvalue weighted by atomic mass is 10.0. The number of nitrogens with zero attached hydrogens (tertiary/aromatic N) is 2. The fourth-order valence-corrected chi connectivity index (χ4v) is 2.33. The van der Waals surface area contributed by atoms with E-state index in [2.05, 4.69) is 15.5 Å². The van der Waals surface area contributed by atoms with E-state index in [1.54, 1.807) is 7.11 Å². The van der Waals surface area contributed by atoms with Gasteiger partial charge in [0.25, 0.3) is 0 Å². The molecule has 0 radical (unpaired) electrons. The minimum Gasteiger partial charge on any atom is -0.370 e. The van der Waals surface area contributed by atoms with Crippen LogP contribution in [0.15, 0.2) is 4.52 Å². The number of nitrogens with one attached hydrogen (secondary N) is 1. The molecule has 0 aromatic carbocycles. The van der Waals surface area contributed by atoms with Crippen LogP contribution in [0, 0.1) is 0 Å². The zero-order chi connectivity index (χ0) is 11.0. The molecule has 0 spiro atoms. The third-order valence-electron chi connectivity index (χ3n) is 3.54. The van der Waals surface area contributed by atoms with Crippen molar-refractivity contribution >= 4 is 6.01 Å². The van der Waals surface area contributed by atoms with Gasteiger partial charge in [0.1, 0.15) is 5.60 Å². The molecule has 5 nitrogen and oxygen atoms in total. The highest BCUT2D eigenvalue weighted by atomic mass is 16.5. The molecule has 1 heterocycles. The molecule has 88 valence electrons. The van der Waals surface area contributed by atoms with Crippen LogP contribution in [0.2, 0.25) is 0 Å². The van der Waals surface area contributed by atoms with Gasteiger partial charge in [-0.15, -0.1) is 0 Å². The highest BCUT2D eigenvalue weighted by molar-refractivity contribution is 5.25. The molecule has 0 saturated heterocycles. The van der Waals surface area contributed by atoms with E-state index in [0.29, 0.717) is 17.9 Å². The highest BCUT2D eigenvalue weighted by Crippen LogP contribution is 2.40. The first-order valence-corrected chi connectivity index (χ1v) is 5.98. The molecule has 2 aliphatic rings. The van der Waals surface area contributed by atoms with E-state index in [-0.39, 0.29) is 5.60 Å². The lowest BCUT2D eigenvalue weighted by molar-refractivity contribution is -0.0178. The third kappa shape index (κ3) is 1.69. The molecule has 1 N–H and O–H groups in total. The number of anilines is 1. The van der Waals surface area contributed by atoms with Gasteiger partial charge in [0.2, 0.25) is 5.82 Å². The maximum Gasteiger partial charge on any atom is 0.321 e. The zero-order valence-corrected chi connectivity index (χ0v) is 9.53. The summed E-state index contributed by atoms with van der Waals surface area (Å²) in [6, 6.07) is 1.08. The molecule has 2 fully saturated rings. The van der Waals surface area contributed by atoms with Crippen LogP contribution in [-0.4, -0.2) is 23.3 Å². The highest BCUT2D eigenvalue weighted by Gasteiger charge is 2.40. The van der Waals surface area contributed by atoms with Crippen molar-refractivity contribution in [3.63, 3.8) is 0 Å². The Labute approximate surface area is 94.6 Å². The predicted molar refractivity (Wildman–Crippen MR) is 58.1 cm³/mol. The average Bonchev–Trinajstić information content (AvgIpc) is 2.83. The summed E-state index contributed by atoms with van der Waals surface area (Å²) in [6.07, 6.45) is 6.74. The van der Waals surface area contributed by atoms with E-state index < -0.39 is 0 Å². The Morgan fingerprint density at radius 3 is 2.75 bits per heavy atom. The molecule has 2 saturated carbocycles.